The molecule has 0 aliphatic heterocycles. The van der Waals surface area contributed by atoms with Crippen molar-refractivity contribution in [1.29, 1.82) is 0 Å². The predicted molar refractivity (Wildman–Crippen MR) is 66.3 cm³/mol. The summed E-state index contributed by atoms with van der Waals surface area (Å²) in [4.78, 5) is 0. The number of aromatic nitrogens is 2. The van der Waals surface area contributed by atoms with Gasteiger partial charge in [-0.2, -0.15) is 5.10 Å². The normalized spacial score (nSPS) is 17.2. The SMILES string of the molecule is COCCCOc1cnn(C2CCCCC2)c1. The van der Waals surface area contributed by atoms with Crippen LogP contribution in [0.1, 0.15) is 44.6 Å². The highest BCUT2D eigenvalue weighted by atomic mass is 16.5. The average Bonchev–Trinajstić information content (AvgIpc) is 2.85. The first kappa shape index (κ1) is 12.4. The fourth-order valence-corrected chi connectivity index (χ4v) is 2.33. The molecule has 1 saturated carbocycles. The van der Waals surface area contributed by atoms with E-state index < -0.39 is 0 Å². The Labute approximate surface area is 103 Å². The molecule has 1 aromatic rings. The maximum absolute atomic E-state index is 5.62. The van der Waals surface area contributed by atoms with Crippen LogP contribution in [0, 0.1) is 0 Å². The first-order valence-corrected chi connectivity index (χ1v) is 6.56. The molecule has 17 heavy (non-hydrogen) atoms. The Morgan fingerprint density at radius 2 is 2.12 bits per heavy atom. The summed E-state index contributed by atoms with van der Waals surface area (Å²) in [5.74, 6) is 0.881. The average molecular weight is 238 g/mol. The van der Waals surface area contributed by atoms with Crippen LogP contribution in [-0.2, 0) is 4.74 Å². The predicted octanol–water partition coefficient (Wildman–Crippen LogP) is 2.80. The minimum Gasteiger partial charge on any atom is -0.490 e. The van der Waals surface area contributed by atoms with Gasteiger partial charge >= 0.3 is 0 Å². The zero-order valence-electron chi connectivity index (χ0n) is 10.6. The zero-order valence-corrected chi connectivity index (χ0v) is 10.6. The number of nitrogens with zero attached hydrogens (tertiary/aromatic N) is 2. The lowest BCUT2D eigenvalue weighted by molar-refractivity contribution is 0.172. The first-order chi connectivity index (χ1) is 8.40. The number of ether oxygens (including phenoxy) is 2. The summed E-state index contributed by atoms with van der Waals surface area (Å²) in [6.45, 7) is 1.45. The van der Waals surface area contributed by atoms with E-state index in [1.807, 2.05) is 12.4 Å². The molecule has 4 nitrogen and oxygen atoms in total. The molecule has 0 atom stereocenters. The van der Waals surface area contributed by atoms with E-state index in [0.29, 0.717) is 12.6 Å². The maximum Gasteiger partial charge on any atom is 0.157 e. The molecule has 0 spiro atoms. The van der Waals surface area contributed by atoms with Gasteiger partial charge in [-0.1, -0.05) is 19.3 Å². The first-order valence-electron chi connectivity index (χ1n) is 6.56. The number of methoxy groups -OCH3 is 1. The van der Waals surface area contributed by atoms with Gasteiger partial charge in [-0.15, -0.1) is 0 Å². The molecule has 0 N–H and O–H groups in total. The van der Waals surface area contributed by atoms with Crippen molar-refractivity contribution in [2.75, 3.05) is 20.3 Å². The van der Waals surface area contributed by atoms with Crippen LogP contribution in [0.4, 0.5) is 0 Å². The summed E-state index contributed by atoms with van der Waals surface area (Å²) in [5.41, 5.74) is 0. The lowest BCUT2D eigenvalue weighted by Crippen LogP contribution is -2.12. The summed E-state index contributed by atoms with van der Waals surface area (Å²) in [6, 6.07) is 0.583. The molecule has 96 valence electrons. The Hall–Kier alpha value is -1.03. The van der Waals surface area contributed by atoms with Crippen molar-refractivity contribution < 1.29 is 9.47 Å². The molecular weight excluding hydrogens is 216 g/mol. The van der Waals surface area contributed by atoms with Gasteiger partial charge in [0.05, 0.1) is 25.0 Å². The molecule has 0 amide bonds. The Balaban J connectivity index is 1.78. The second-order valence-electron chi connectivity index (χ2n) is 4.64. The van der Waals surface area contributed by atoms with Crippen molar-refractivity contribution in [3.63, 3.8) is 0 Å². The minimum atomic E-state index is 0.583. The van der Waals surface area contributed by atoms with E-state index in [-0.39, 0.29) is 0 Å². The quantitative estimate of drug-likeness (QED) is 0.715. The van der Waals surface area contributed by atoms with Crippen LogP contribution >= 0.6 is 0 Å². The van der Waals surface area contributed by atoms with Gasteiger partial charge in [-0.25, -0.2) is 0 Å². The Kier molecular flexibility index (Phi) is 4.86. The fourth-order valence-electron chi connectivity index (χ4n) is 2.33. The second-order valence-corrected chi connectivity index (χ2v) is 4.64. The van der Waals surface area contributed by atoms with Crippen molar-refractivity contribution in [3.05, 3.63) is 12.4 Å². The Morgan fingerprint density at radius 1 is 1.29 bits per heavy atom. The molecule has 1 aliphatic rings. The molecule has 1 heterocycles. The molecule has 1 aromatic heterocycles. The third kappa shape index (κ3) is 3.73. The van der Waals surface area contributed by atoms with Crippen LogP contribution in [0.25, 0.3) is 0 Å². The summed E-state index contributed by atoms with van der Waals surface area (Å²) in [7, 11) is 1.71. The third-order valence-corrected chi connectivity index (χ3v) is 3.29. The van der Waals surface area contributed by atoms with Crippen LogP contribution in [0.15, 0.2) is 12.4 Å². The van der Waals surface area contributed by atoms with Gasteiger partial charge < -0.3 is 9.47 Å². The Morgan fingerprint density at radius 3 is 2.88 bits per heavy atom. The molecular formula is C13H22N2O2. The smallest absolute Gasteiger partial charge is 0.157 e. The fraction of sp³-hybridized carbons (Fsp3) is 0.769. The van der Waals surface area contributed by atoms with Gasteiger partial charge in [0.1, 0.15) is 0 Å². The molecule has 0 bridgehead atoms. The molecule has 4 heteroatoms. The van der Waals surface area contributed by atoms with E-state index >= 15 is 0 Å². The van der Waals surface area contributed by atoms with Gasteiger partial charge in [0.25, 0.3) is 0 Å². The van der Waals surface area contributed by atoms with Gasteiger partial charge in [-0.3, -0.25) is 4.68 Å². The van der Waals surface area contributed by atoms with Crippen LogP contribution in [0.2, 0.25) is 0 Å². The van der Waals surface area contributed by atoms with E-state index in [9.17, 15) is 0 Å². The summed E-state index contributed by atoms with van der Waals surface area (Å²) >= 11 is 0. The van der Waals surface area contributed by atoms with Crippen LogP contribution < -0.4 is 4.74 Å². The molecule has 0 unspecified atom stereocenters. The monoisotopic (exact) mass is 238 g/mol. The van der Waals surface area contributed by atoms with Crippen LogP contribution in [0.3, 0.4) is 0 Å². The van der Waals surface area contributed by atoms with Crippen molar-refractivity contribution in [1.82, 2.24) is 9.78 Å². The van der Waals surface area contributed by atoms with E-state index in [0.717, 1.165) is 18.8 Å². The zero-order chi connectivity index (χ0) is 11.9. The highest BCUT2D eigenvalue weighted by molar-refractivity contribution is 5.12. The number of rotatable bonds is 6. The van der Waals surface area contributed by atoms with E-state index in [2.05, 4.69) is 9.78 Å². The number of hydrogen-bond donors (Lipinski definition) is 0. The largest absolute Gasteiger partial charge is 0.490 e. The molecule has 1 fully saturated rings. The molecule has 0 radical (unpaired) electrons. The van der Waals surface area contributed by atoms with E-state index in [1.54, 1.807) is 7.11 Å². The van der Waals surface area contributed by atoms with Gasteiger partial charge in [0, 0.05) is 20.1 Å². The van der Waals surface area contributed by atoms with Crippen molar-refractivity contribution >= 4 is 0 Å². The van der Waals surface area contributed by atoms with Gasteiger partial charge in [0.15, 0.2) is 5.75 Å². The molecule has 2 rings (SSSR count). The van der Waals surface area contributed by atoms with Crippen LogP contribution in [-0.4, -0.2) is 30.1 Å². The molecule has 1 aliphatic carbocycles. The summed E-state index contributed by atoms with van der Waals surface area (Å²) < 4.78 is 12.7. The lowest BCUT2D eigenvalue weighted by Gasteiger charge is -2.21. The topological polar surface area (TPSA) is 36.3 Å². The maximum atomic E-state index is 5.62. The minimum absolute atomic E-state index is 0.583. The standard InChI is InChI=1S/C13H22N2O2/c1-16-8-5-9-17-13-10-14-15(11-13)12-6-3-2-4-7-12/h10-12H,2-9H2,1H3. The van der Waals surface area contributed by atoms with Gasteiger partial charge in [-0.05, 0) is 12.8 Å². The summed E-state index contributed by atoms with van der Waals surface area (Å²) in [6.07, 6.45) is 11.3. The van der Waals surface area contributed by atoms with Crippen LogP contribution in [0.5, 0.6) is 5.75 Å². The van der Waals surface area contributed by atoms with Crippen molar-refractivity contribution in [2.45, 2.75) is 44.6 Å². The van der Waals surface area contributed by atoms with E-state index in [1.165, 1.54) is 32.1 Å². The third-order valence-electron chi connectivity index (χ3n) is 3.29. The highest BCUT2D eigenvalue weighted by Crippen LogP contribution is 2.28. The highest BCUT2D eigenvalue weighted by Gasteiger charge is 2.16. The Bertz CT molecular complexity index is 319. The van der Waals surface area contributed by atoms with Crippen molar-refractivity contribution in [3.8, 4) is 5.75 Å². The summed E-state index contributed by atoms with van der Waals surface area (Å²) in [5, 5.41) is 4.40. The van der Waals surface area contributed by atoms with E-state index in [4.69, 9.17) is 9.47 Å². The number of hydrogen-bond acceptors (Lipinski definition) is 3. The van der Waals surface area contributed by atoms with Crippen molar-refractivity contribution in [2.24, 2.45) is 0 Å². The molecule has 0 saturated heterocycles. The second kappa shape index (κ2) is 6.64. The lowest BCUT2D eigenvalue weighted by atomic mass is 9.96. The van der Waals surface area contributed by atoms with Gasteiger partial charge in [0.2, 0.25) is 0 Å². The molecule has 0 aromatic carbocycles.